The van der Waals surface area contributed by atoms with E-state index >= 15 is 0 Å². The van der Waals surface area contributed by atoms with Crippen molar-refractivity contribution in [3.63, 3.8) is 0 Å². The van der Waals surface area contributed by atoms with Gasteiger partial charge in [0.15, 0.2) is 0 Å². The van der Waals surface area contributed by atoms with Crippen molar-refractivity contribution >= 4 is 52.6 Å². The monoisotopic (exact) mass is 579 g/mol. The molecule has 0 aliphatic heterocycles. The van der Waals surface area contributed by atoms with Gasteiger partial charge in [0.25, 0.3) is 0 Å². The molecular weight excluding hydrogens is 552 g/mol. The molecule has 31 heavy (non-hydrogen) atoms. The zero-order valence-corrected chi connectivity index (χ0v) is 21.2. The minimum Gasteiger partial charge on any atom is -0.489 e. The molecule has 2 N–H and O–H groups in total. The van der Waals surface area contributed by atoms with Gasteiger partial charge in [0.2, 0.25) is 0 Å². The molecular formula is C23H28Cl2INO4. The number of carboxylic acids is 1. The molecule has 0 spiro atoms. The maximum absolute atomic E-state index is 10.5. The lowest BCUT2D eigenvalue weighted by atomic mass is 10.1. The second kappa shape index (κ2) is 12.3. The number of ether oxygens (including phenoxy) is 2. The van der Waals surface area contributed by atoms with Gasteiger partial charge in [0.05, 0.1) is 13.0 Å². The molecule has 0 heterocycles. The summed E-state index contributed by atoms with van der Waals surface area (Å²) in [4.78, 5) is 10.5. The van der Waals surface area contributed by atoms with Gasteiger partial charge in [-0.25, -0.2) is 0 Å². The first-order valence-electron chi connectivity index (χ1n) is 10.2. The highest BCUT2D eigenvalue weighted by atomic mass is 127. The number of carboxylic acid groups (broad SMARTS) is 1. The molecule has 2 aromatic carbocycles. The van der Waals surface area contributed by atoms with E-state index in [0.717, 1.165) is 35.6 Å². The molecule has 0 bridgehead atoms. The van der Waals surface area contributed by atoms with Gasteiger partial charge in [-0.1, -0.05) is 36.7 Å². The summed E-state index contributed by atoms with van der Waals surface area (Å²) in [5.41, 5.74) is 4.69. The second-order valence-electron chi connectivity index (χ2n) is 7.31. The summed E-state index contributed by atoms with van der Waals surface area (Å²) in [5.74, 6) is 0.0451. The maximum Gasteiger partial charge on any atom is 0.304 e. The van der Waals surface area contributed by atoms with Crippen LogP contribution in [0.25, 0.3) is 0 Å². The largest absolute Gasteiger partial charge is 0.489 e. The van der Waals surface area contributed by atoms with Crippen molar-refractivity contribution in [1.29, 1.82) is 0 Å². The van der Waals surface area contributed by atoms with Crippen molar-refractivity contribution in [3.8, 4) is 5.75 Å². The highest BCUT2D eigenvalue weighted by Gasteiger charge is 2.37. The van der Waals surface area contributed by atoms with Crippen LogP contribution in [0.2, 0.25) is 5.02 Å². The number of nitrogens with one attached hydrogen (secondary N) is 1. The van der Waals surface area contributed by atoms with E-state index < -0.39 is 5.97 Å². The first kappa shape index (κ1) is 26.2. The Morgan fingerprint density at radius 3 is 2.84 bits per heavy atom. The summed E-state index contributed by atoms with van der Waals surface area (Å²) < 4.78 is 11.9. The average molecular weight is 580 g/mol. The Bertz CT molecular complexity index is 896. The van der Waals surface area contributed by atoms with Crippen LogP contribution in [0, 0.1) is 0 Å². The number of hydrogen-bond acceptors (Lipinski definition) is 4. The van der Waals surface area contributed by atoms with Crippen LogP contribution in [0.1, 0.15) is 42.0 Å². The lowest BCUT2D eigenvalue weighted by Gasteiger charge is -2.24. The summed E-state index contributed by atoms with van der Waals surface area (Å²) in [6.45, 7) is 4.19. The lowest BCUT2D eigenvalue weighted by Crippen LogP contribution is -2.27. The molecule has 0 saturated carbocycles. The summed E-state index contributed by atoms with van der Waals surface area (Å²) in [6.07, 6.45) is 2.89. The van der Waals surface area contributed by atoms with Crippen LogP contribution < -0.4 is 10.1 Å². The van der Waals surface area contributed by atoms with Crippen LogP contribution in [-0.2, 0) is 32.6 Å². The first-order valence-corrected chi connectivity index (χ1v) is 11.7. The summed E-state index contributed by atoms with van der Waals surface area (Å²) in [5, 5.41) is 12.5. The number of benzene rings is 2. The molecule has 3 rings (SSSR count). The van der Waals surface area contributed by atoms with Crippen LogP contribution in [-0.4, -0.2) is 30.8 Å². The fraction of sp³-hybridized carbons (Fsp3) is 0.435. The van der Waals surface area contributed by atoms with Gasteiger partial charge in [-0.2, -0.15) is 0 Å². The molecule has 5 nitrogen and oxygen atoms in total. The summed E-state index contributed by atoms with van der Waals surface area (Å²) in [7, 11) is 0. The highest BCUT2D eigenvalue weighted by Crippen LogP contribution is 2.46. The van der Waals surface area contributed by atoms with Crippen LogP contribution in [0.3, 0.4) is 0 Å². The average Bonchev–Trinajstić information content (AvgIpc) is 3.05. The topological polar surface area (TPSA) is 67.8 Å². The normalized spacial score (nSPS) is 17.1. The molecule has 1 aliphatic rings. The Morgan fingerprint density at radius 2 is 2.10 bits per heavy atom. The molecule has 0 unspecified atom stereocenters. The molecule has 170 valence electrons. The molecule has 8 heteroatoms. The van der Waals surface area contributed by atoms with E-state index in [4.69, 9.17) is 26.2 Å². The third-order valence-corrected chi connectivity index (χ3v) is 7.09. The fourth-order valence-corrected chi connectivity index (χ4v) is 4.93. The molecule has 1 atom stereocenters. The predicted molar refractivity (Wildman–Crippen MR) is 134 cm³/mol. The number of alkyl halides is 1. The number of aryl methyl sites for hydroxylation is 2. The number of rotatable bonds is 11. The Morgan fingerprint density at radius 1 is 1.29 bits per heavy atom. The van der Waals surface area contributed by atoms with Crippen molar-refractivity contribution in [3.05, 3.63) is 63.7 Å². The van der Waals surface area contributed by atoms with Crippen molar-refractivity contribution < 1.29 is 19.4 Å². The minimum absolute atomic E-state index is 0. The van der Waals surface area contributed by atoms with E-state index in [1.165, 1.54) is 16.7 Å². The molecule has 1 aliphatic carbocycles. The lowest BCUT2D eigenvalue weighted by molar-refractivity contribution is -0.136. The van der Waals surface area contributed by atoms with Crippen LogP contribution >= 0.6 is 46.6 Å². The minimum atomic E-state index is -0.794. The number of hydrogen-bond donors (Lipinski definition) is 2. The van der Waals surface area contributed by atoms with E-state index in [2.05, 4.69) is 53.0 Å². The van der Waals surface area contributed by atoms with Gasteiger partial charge in [0.1, 0.15) is 16.0 Å². The highest BCUT2D eigenvalue weighted by molar-refractivity contribution is 14.1. The predicted octanol–water partition coefficient (Wildman–Crippen LogP) is 5.52. The molecule has 0 saturated heterocycles. The zero-order valence-electron chi connectivity index (χ0n) is 17.5. The Balaban J connectivity index is 0.00000341. The fourth-order valence-electron chi connectivity index (χ4n) is 3.67. The maximum atomic E-state index is 10.5. The van der Waals surface area contributed by atoms with Crippen molar-refractivity contribution in [2.75, 3.05) is 19.7 Å². The van der Waals surface area contributed by atoms with E-state index in [9.17, 15) is 4.79 Å². The Hall–Kier alpha value is -1.06. The third kappa shape index (κ3) is 6.96. The second-order valence-corrected chi connectivity index (χ2v) is 9.46. The van der Waals surface area contributed by atoms with Gasteiger partial charge in [-0.05, 0) is 76.7 Å². The van der Waals surface area contributed by atoms with E-state index in [0.29, 0.717) is 26.3 Å². The van der Waals surface area contributed by atoms with Gasteiger partial charge in [-0.3, -0.25) is 4.79 Å². The SMILES string of the molecule is CCc1cccc(Cl)c1COc1ccc2c(c1)CC[C@]2(I)OCCNCCC(=O)O.Cl. The molecule has 0 radical (unpaired) electrons. The quantitative estimate of drug-likeness (QED) is 0.208. The standard InChI is InChI=1S/C23H27ClINO4.ClH/c1-2-16-4-3-5-21(24)19(16)15-29-18-6-7-20-17(14-18)8-10-23(20,25)30-13-12-26-11-9-22(27)28;/h3-7,14,26H,2,8-13,15H2,1H3,(H,27,28);1H/t23-;/m0./s1. The number of aliphatic carboxylic acids is 1. The van der Waals surface area contributed by atoms with E-state index in [1.54, 1.807) is 0 Å². The Labute approximate surface area is 208 Å². The number of fused-ring (bicyclic) bond motifs is 1. The third-order valence-electron chi connectivity index (χ3n) is 5.30. The van der Waals surface area contributed by atoms with Crippen molar-refractivity contribution in [2.24, 2.45) is 0 Å². The number of halogens is 3. The first-order chi connectivity index (χ1) is 14.4. The number of carbonyl (C=O) groups is 1. The van der Waals surface area contributed by atoms with Crippen molar-refractivity contribution in [1.82, 2.24) is 5.32 Å². The van der Waals surface area contributed by atoms with E-state index in [1.807, 2.05) is 18.2 Å². The summed E-state index contributed by atoms with van der Waals surface area (Å²) >= 11 is 8.75. The van der Waals surface area contributed by atoms with Crippen LogP contribution in [0.15, 0.2) is 36.4 Å². The van der Waals surface area contributed by atoms with E-state index in [-0.39, 0.29) is 22.4 Å². The van der Waals surface area contributed by atoms with Gasteiger partial charge in [-0.15, -0.1) is 12.4 Å². The summed E-state index contributed by atoms with van der Waals surface area (Å²) in [6, 6.07) is 12.2. The zero-order chi connectivity index (χ0) is 21.6. The van der Waals surface area contributed by atoms with Crippen LogP contribution in [0.5, 0.6) is 5.75 Å². The van der Waals surface area contributed by atoms with Gasteiger partial charge >= 0.3 is 5.97 Å². The van der Waals surface area contributed by atoms with Crippen LogP contribution in [0.4, 0.5) is 0 Å². The Kier molecular flexibility index (Phi) is 10.4. The molecule has 0 fully saturated rings. The van der Waals surface area contributed by atoms with Gasteiger partial charge in [0, 0.05) is 23.7 Å². The molecule has 0 amide bonds. The molecule has 2 aromatic rings. The smallest absolute Gasteiger partial charge is 0.304 e. The molecule has 0 aromatic heterocycles. The van der Waals surface area contributed by atoms with Crippen molar-refractivity contribution in [2.45, 2.75) is 42.8 Å². The van der Waals surface area contributed by atoms with Gasteiger partial charge < -0.3 is 19.9 Å².